The molecule has 0 aromatic rings. The monoisotopic (exact) mass is 200 g/mol. The van der Waals surface area contributed by atoms with Gasteiger partial charge in [-0.15, -0.1) is 0 Å². The molecule has 0 fully saturated rings. The van der Waals surface area contributed by atoms with Crippen LogP contribution in [-0.4, -0.2) is 24.7 Å². The van der Waals surface area contributed by atoms with Crippen LogP contribution in [-0.2, 0) is 0 Å². The first-order chi connectivity index (χ1) is 6.63. The maximum Gasteiger partial charge on any atom is 0.0192 e. The molecule has 2 N–H and O–H groups in total. The van der Waals surface area contributed by atoms with E-state index in [1.54, 1.807) is 0 Å². The lowest BCUT2D eigenvalue weighted by molar-refractivity contribution is 0.387. The highest BCUT2D eigenvalue weighted by atomic mass is 15.0. The summed E-state index contributed by atoms with van der Waals surface area (Å²) < 4.78 is 0. The molecule has 3 unspecified atom stereocenters. The SMILES string of the molecule is CCC(C)NCC(CC)NC(C)CC. The Kier molecular flexibility index (Phi) is 8.20. The van der Waals surface area contributed by atoms with Crippen LogP contribution in [0, 0.1) is 0 Å². The molecule has 0 amide bonds. The first-order valence-corrected chi connectivity index (χ1v) is 6.13. The molecule has 0 heterocycles. The molecule has 3 atom stereocenters. The summed E-state index contributed by atoms with van der Waals surface area (Å²) in [6, 6.07) is 1.90. The normalized spacial score (nSPS) is 17.8. The molecular formula is C12H28N2. The van der Waals surface area contributed by atoms with Crippen molar-refractivity contribution in [3.8, 4) is 0 Å². The van der Waals surface area contributed by atoms with Crippen molar-refractivity contribution in [1.29, 1.82) is 0 Å². The van der Waals surface area contributed by atoms with Crippen LogP contribution in [0.3, 0.4) is 0 Å². The van der Waals surface area contributed by atoms with E-state index >= 15 is 0 Å². The Morgan fingerprint density at radius 3 is 1.86 bits per heavy atom. The molecule has 2 nitrogen and oxygen atoms in total. The number of hydrogen-bond donors (Lipinski definition) is 2. The smallest absolute Gasteiger partial charge is 0.0192 e. The molecule has 0 radical (unpaired) electrons. The largest absolute Gasteiger partial charge is 0.313 e. The van der Waals surface area contributed by atoms with Crippen LogP contribution in [0.1, 0.15) is 53.9 Å². The number of rotatable bonds is 8. The topological polar surface area (TPSA) is 24.1 Å². The molecule has 0 saturated heterocycles. The van der Waals surface area contributed by atoms with Crippen molar-refractivity contribution in [2.24, 2.45) is 0 Å². The summed E-state index contributed by atoms with van der Waals surface area (Å²) in [5, 5.41) is 7.18. The maximum absolute atomic E-state index is 3.63. The van der Waals surface area contributed by atoms with E-state index in [0.29, 0.717) is 18.1 Å². The molecule has 0 aliphatic carbocycles. The van der Waals surface area contributed by atoms with Crippen molar-refractivity contribution in [2.75, 3.05) is 6.54 Å². The van der Waals surface area contributed by atoms with E-state index in [2.05, 4.69) is 45.3 Å². The molecule has 86 valence electrons. The first kappa shape index (κ1) is 13.9. The van der Waals surface area contributed by atoms with Crippen LogP contribution < -0.4 is 10.6 Å². The highest BCUT2D eigenvalue weighted by Gasteiger charge is 2.09. The standard InChI is InChI=1S/C12H28N2/c1-6-10(4)13-9-12(8-3)14-11(5)7-2/h10-14H,6-9H2,1-5H3. The Bertz CT molecular complexity index is 125. The Labute approximate surface area is 89.9 Å². The van der Waals surface area contributed by atoms with Crippen LogP contribution >= 0.6 is 0 Å². The average Bonchev–Trinajstić information content (AvgIpc) is 2.22. The zero-order valence-corrected chi connectivity index (χ0v) is 10.6. The van der Waals surface area contributed by atoms with Crippen molar-refractivity contribution in [2.45, 2.75) is 72.0 Å². The van der Waals surface area contributed by atoms with Crippen LogP contribution in [0.25, 0.3) is 0 Å². The third-order valence-electron chi connectivity index (χ3n) is 2.95. The lowest BCUT2D eigenvalue weighted by Crippen LogP contribution is -2.44. The van der Waals surface area contributed by atoms with E-state index in [-0.39, 0.29) is 0 Å². The van der Waals surface area contributed by atoms with E-state index in [1.807, 2.05) is 0 Å². The van der Waals surface area contributed by atoms with Crippen molar-refractivity contribution < 1.29 is 0 Å². The van der Waals surface area contributed by atoms with Gasteiger partial charge in [0, 0.05) is 24.7 Å². The lowest BCUT2D eigenvalue weighted by Gasteiger charge is -2.23. The predicted octanol–water partition coefficient (Wildman–Crippen LogP) is 2.54. The third kappa shape index (κ3) is 6.39. The Hall–Kier alpha value is -0.0800. The Balaban J connectivity index is 3.68. The fourth-order valence-corrected chi connectivity index (χ4v) is 1.33. The summed E-state index contributed by atoms with van der Waals surface area (Å²) in [5.41, 5.74) is 0. The van der Waals surface area contributed by atoms with Gasteiger partial charge >= 0.3 is 0 Å². The third-order valence-corrected chi connectivity index (χ3v) is 2.95. The average molecular weight is 200 g/mol. The molecule has 0 aromatic heterocycles. The Morgan fingerprint density at radius 2 is 1.43 bits per heavy atom. The molecular weight excluding hydrogens is 172 g/mol. The van der Waals surface area contributed by atoms with Gasteiger partial charge in [0.05, 0.1) is 0 Å². The van der Waals surface area contributed by atoms with Gasteiger partial charge in [0.2, 0.25) is 0 Å². The molecule has 0 bridgehead atoms. The summed E-state index contributed by atoms with van der Waals surface area (Å²) >= 11 is 0. The van der Waals surface area contributed by atoms with Crippen LogP contribution in [0.15, 0.2) is 0 Å². The van der Waals surface area contributed by atoms with E-state index in [9.17, 15) is 0 Å². The van der Waals surface area contributed by atoms with Gasteiger partial charge in [-0.25, -0.2) is 0 Å². The van der Waals surface area contributed by atoms with Crippen molar-refractivity contribution in [3.05, 3.63) is 0 Å². The van der Waals surface area contributed by atoms with Gasteiger partial charge < -0.3 is 10.6 Å². The lowest BCUT2D eigenvalue weighted by atomic mass is 10.1. The van der Waals surface area contributed by atoms with Crippen molar-refractivity contribution in [3.63, 3.8) is 0 Å². The number of nitrogens with one attached hydrogen (secondary N) is 2. The van der Waals surface area contributed by atoms with Crippen molar-refractivity contribution in [1.82, 2.24) is 10.6 Å². The summed E-state index contributed by atoms with van der Waals surface area (Å²) in [5.74, 6) is 0. The minimum absolute atomic E-state index is 0.624. The maximum atomic E-state index is 3.63. The zero-order chi connectivity index (χ0) is 11.0. The minimum atomic E-state index is 0.624. The summed E-state index contributed by atoms with van der Waals surface area (Å²) in [4.78, 5) is 0. The van der Waals surface area contributed by atoms with Gasteiger partial charge in [0.15, 0.2) is 0 Å². The van der Waals surface area contributed by atoms with Crippen LogP contribution in [0.2, 0.25) is 0 Å². The van der Waals surface area contributed by atoms with E-state index in [1.165, 1.54) is 19.3 Å². The van der Waals surface area contributed by atoms with Crippen LogP contribution in [0.4, 0.5) is 0 Å². The summed E-state index contributed by atoms with van der Waals surface area (Å²) in [7, 11) is 0. The van der Waals surface area contributed by atoms with Gasteiger partial charge in [-0.2, -0.15) is 0 Å². The van der Waals surface area contributed by atoms with Crippen molar-refractivity contribution >= 4 is 0 Å². The predicted molar refractivity (Wildman–Crippen MR) is 64.7 cm³/mol. The van der Waals surface area contributed by atoms with Gasteiger partial charge in [-0.3, -0.25) is 0 Å². The van der Waals surface area contributed by atoms with E-state index < -0.39 is 0 Å². The second-order valence-corrected chi connectivity index (χ2v) is 4.30. The highest BCUT2D eigenvalue weighted by molar-refractivity contribution is 4.73. The molecule has 0 aliphatic heterocycles. The fraction of sp³-hybridized carbons (Fsp3) is 1.00. The molecule has 14 heavy (non-hydrogen) atoms. The van der Waals surface area contributed by atoms with Gasteiger partial charge in [0.1, 0.15) is 0 Å². The minimum Gasteiger partial charge on any atom is -0.313 e. The van der Waals surface area contributed by atoms with E-state index in [4.69, 9.17) is 0 Å². The van der Waals surface area contributed by atoms with Gasteiger partial charge in [-0.05, 0) is 33.1 Å². The second kappa shape index (κ2) is 8.25. The van der Waals surface area contributed by atoms with E-state index in [0.717, 1.165) is 6.54 Å². The summed E-state index contributed by atoms with van der Waals surface area (Å²) in [6.45, 7) is 12.3. The molecule has 0 saturated carbocycles. The molecule has 0 aromatic carbocycles. The molecule has 0 rings (SSSR count). The fourth-order valence-electron chi connectivity index (χ4n) is 1.33. The summed E-state index contributed by atoms with van der Waals surface area (Å²) in [6.07, 6.45) is 3.62. The second-order valence-electron chi connectivity index (χ2n) is 4.30. The molecule has 0 aliphatic rings. The van der Waals surface area contributed by atoms with Gasteiger partial charge in [0.25, 0.3) is 0 Å². The quantitative estimate of drug-likeness (QED) is 0.629. The first-order valence-electron chi connectivity index (χ1n) is 6.13. The number of hydrogen-bond acceptors (Lipinski definition) is 2. The Morgan fingerprint density at radius 1 is 0.857 bits per heavy atom. The van der Waals surface area contributed by atoms with Gasteiger partial charge in [-0.1, -0.05) is 20.8 Å². The zero-order valence-electron chi connectivity index (χ0n) is 10.6. The van der Waals surface area contributed by atoms with Crippen LogP contribution in [0.5, 0.6) is 0 Å². The highest BCUT2D eigenvalue weighted by Crippen LogP contribution is 1.97. The molecule has 2 heteroatoms. The molecule has 0 spiro atoms.